The van der Waals surface area contributed by atoms with Crippen molar-refractivity contribution < 1.29 is 19.4 Å². The molecule has 0 saturated carbocycles. The Morgan fingerprint density at radius 1 is 1.44 bits per heavy atom. The van der Waals surface area contributed by atoms with Crippen LogP contribution < -0.4 is 0 Å². The molecule has 5 heteroatoms. The molecule has 0 fully saturated rings. The van der Waals surface area contributed by atoms with E-state index in [0.717, 1.165) is 25.3 Å². The molecule has 0 rings (SSSR count). The number of hydrogen-bond donors (Lipinski definition) is 1. The highest BCUT2D eigenvalue weighted by molar-refractivity contribution is 5.96. The smallest absolute Gasteiger partial charge is 0.342 e. The molecule has 0 saturated heterocycles. The van der Waals surface area contributed by atoms with Gasteiger partial charge >= 0.3 is 11.9 Å². The van der Waals surface area contributed by atoms with Crippen molar-refractivity contribution in [3.8, 4) is 6.07 Å². The molecule has 0 aliphatic carbocycles. The zero-order valence-electron chi connectivity index (χ0n) is 9.23. The summed E-state index contributed by atoms with van der Waals surface area (Å²) >= 11 is 0. The summed E-state index contributed by atoms with van der Waals surface area (Å²) in [7, 11) is 0. The van der Waals surface area contributed by atoms with Crippen molar-refractivity contribution in [3.63, 3.8) is 0 Å². The van der Waals surface area contributed by atoms with Gasteiger partial charge in [0.1, 0.15) is 6.61 Å². The number of aliphatic hydroxyl groups is 1. The Balaban J connectivity index is 4.32. The predicted molar refractivity (Wildman–Crippen MR) is 56.0 cm³/mol. The molecule has 0 aliphatic rings. The zero-order chi connectivity index (χ0) is 12.4. The van der Waals surface area contributed by atoms with Crippen molar-refractivity contribution >= 4 is 11.9 Å². The van der Waals surface area contributed by atoms with E-state index >= 15 is 0 Å². The summed E-state index contributed by atoms with van der Waals surface area (Å²) in [6.07, 6.45) is 4.16. The molecule has 0 aliphatic heterocycles. The van der Waals surface area contributed by atoms with Gasteiger partial charge in [0, 0.05) is 11.6 Å². The molecule has 5 nitrogen and oxygen atoms in total. The van der Waals surface area contributed by atoms with Crippen LogP contribution in [-0.4, -0.2) is 23.7 Å². The van der Waals surface area contributed by atoms with Gasteiger partial charge in [-0.2, -0.15) is 5.26 Å². The lowest BCUT2D eigenvalue weighted by molar-refractivity contribution is -0.159. The van der Waals surface area contributed by atoms with Crippen molar-refractivity contribution in [2.75, 3.05) is 6.61 Å². The van der Waals surface area contributed by atoms with Crippen molar-refractivity contribution in [2.24, 2.45) is 0 Å². The Bertz CT molecular complexity index is 314. The predicted octanol–water partition coefficient (Wildman–Crippen LogP) is 1.08. The van der Waals surface area contributed by atoms with Crippen molar-refractivity contribution in [2.45, 2.75) is 32.6 Å². The van der Waals surface area contributed by atoms with Crippen LogP contribution >= 0.6 is 0 Å². The second-order valence-electron chi connectivity index (χ2n) is 3.18. The molecule has 0 aromatic heterocycles. The monoisotopic (exact) mass is 225 g/mol. The number of allylic oxidation sites excluding steroid dienone is 1. The van der Waals surface area contributed by atoms with Crippen molar-refractivity contribution in [3.05, 3.63) is 11.6 Å². The van der Waals surface area contributed by atoms with Gasteiger partial charge in [0.05, 0.1) is 6.07 Å². The Morgan fingerprint density at radius 3 is 2.62 bits per heavy atom. The molecule has 1 N–H and O–H groups in total. The van der Waals surface area contributed by atoms with Crippen LogP contribution in [0.2, 0.25) is 0 Å². The van der Waals surface area contributed by atoms with Gasteiger partial charge in [0.25, 0.3) is 0 Å². The first-order chi connectivity index (χ1) is 7.65. The van der Waals surface area contributed by atoms with Gasteiger partial charge in [-0.25, -0.2) is 9.59 Å². The molecule has 0 radical (unpaired) electrons. The number of rotatable bonds is 6. The highest BCUT2D eigenvalue weighted by atomic mass is 16.6. The third kappa shape index (κ3) is 5.94. The number of nitrogens with zero attached hydrogens (tertiary/aromatic N) is 1. The van der Waals surface area contributed by atoms with E-state index < -0.39 is 18.5 Å². The summed E-state index contributed by atoms with van der Waals surface area (Å²) < 4.78 is 4.30. The van der Waals surface area contributed by atoms with Gasteiger partial charge < -0.3 is 9.84 Å². The van der Waals surface area contributed by atoms with Crippen LogP contribution in [0, 0.1) is 11.3 Å². The molecule has 0 heterocycles. The van der Waals surface area contributed by atoms with Crippen LogP contribution in [0.25, 0.3) is 0 Å². The number of hydrogen-bond acceptors (Lipinski definition) is 5. The molecular formula is C11H15NO4. The lowest BCUT2D eigenvalue weighted by Gasteiger charge is -2.04. The number of esters is 2. The van der Waals surface area contributed by atoms with Crippen LogP contribution in [0.15, 0.2) is 11.6 Å². The first-order valence-electron chi connectivity index (χ1n) is 5.10. The van der Waals surface area contributed by atoms with Gasteiger partial charge in [-0.1, -0.05) is 19.8 Å². The van der Waals surface area contributed by atoms with Gasteiger partial charge in [0.15, 0.2) is 0 Å². The summed E-state index contributed by atoms with van der Waals surface area (Å²) in [5.41, 5.74) is 0.165. The fraction of sp³-hybridized carbons (Fsp3) is 0.545. The Labute approximate surface area is 94.3 Å². The minimum absolute atomic E-state index is 0.165. The minimum atomic E-state index is -1.01. The van der Waals surface area contributed by atoms with Crippen LogP contribution in [0.4, 0.5) is 0 Å². The Hall–Kier alpha value is -1.67. The van der Waals surface area contributed by atoms with E-state index in [1.165, 1.54) is 0 Å². The van der Waals surface area contributed by atoms with E-state index in [1.54, 1.807) is 6.07 Å². The summed E-state index contributed by atoms with van der Waals surface area (Å²) in [6.45, 7) is 1.17. The SMILES string of the molecule is CCCCCC(=CC#N)C(=O)OC(=O)CO. The first-order valence-corrected chi connectivity index (χ1v) is 5.10. The maximum atomic E-state index is 11.3. The summed E-state index contributed by atoms with van der Waals surface area (Å²) in [5.74, 6) is -1.86. The maximum absolute atomic E-state index is 11.3. The molecule has 88 valence electrons. The molecule has 0 spiro atoms. The molecule has 16 heavy (non-hydrogen) atoms. The lowest BCUT2D eigenvalue weighted by atomic mass is 10.1. The van der Waals surface area contributed by atoms with E-state index in [-0.39, 0.29) is 5.57 Å². The van der Waals surface area contributed by atoms with Gasteiger partial charge in [-0.3, -0.25) is 0 Å². The summed E-state index contributed by atoms with van der Waals surface area (Å²) in [4.78, 5) is 22.0. The Morgan fingerprint density at radius 2 is 2.12 bits per heavy atom. The number of aliphatic hydroxyl groups excluding tert-OH is 1. The quantitative estimate of drug-likeness (QED) is 0.240. The maximum Gasteiger partial charge on any atom is 0.342 e. The van der Waals surface area contributed by atoms with E-state index in [2.05, 4.69) is 4.74 Å². The fourth-order valence-electron chi connectivity index (χ4n) is 1.08. The molecule has 0 aromatic rings. The van der Waals surface area contributed by atoms with Crippen molar-refractivity contribution in [1.82, 2.24) is 0 Å². The van der Waals surface area contributed by atoms with Gasteiger partial charge in [-0.05, 0) is 12.8 Å². The first kappa shape index (κ1) is 14.3. The number of ether oxygens (including phenoxy) is 1. The molecule has 0 bridgehead atoms. The molecule has 0 aromatic carbocycles. The summed E-state index contributed by atoms with van der Waals surface area (Å²) in [5, 5.41) is 16.9. The normalized spacial score (nSPS) is 10.7. The largest absolute Gasteiger partial charge is 0.388 e. The van der Waals surface area contributed by atoms with E-state index in [1.807, 2.05) is 6.92 Å². The highest BCUT2D eigenvalue weighted by Crippen LogP contribution is 2.10. The fourth-order valence-corrected chi connectivity index (χ4v) is 1.08. The number of unbranched alkanes of at least 4 members (excludes halogenated alkanes) is 2. The average Bonchev–Trinajstić information content (AvgIpc) is 2.27. The number of carbonyl (C=O) groups is 2. The standard InChI is InChI=1S/C11H15NO4/c1-2-3-4-5-9(6-7-12)11(15)16-10(14)8-13/h6,13H,2-5,8H2,1H3. The van der Waals surface area contributed by atoms with Gasteiger partial charge in [-0.15, -0.1) is 0 Å². The van der Waals surface area contributed by atoms with Crippen LogP contribution in [-0.2, 0) is 14.3 Å². The van der Waals surface area contributed by atoms with Crippen LogP contribution in [0.5, 0.6) is 0 Å². The molecule has 0 atom stereocenters. The number of nitriles is 1. The third-order valence-corrected chi connectivity index (χ3v) is 1.89. The van der Waals surface area contributed by atoms with Gasteiger partial charge in [0.2, 0.25) is 0 Å². The summed E-state index contributed by atoms with van der Waals surface area (Å²) in [6, 6.07) is 1.73. The molecule has 0 unspecified atom stereocenters. The minimum Gasteiger partial charge on any atom is -0.388 e. The second-order valence-corrected chi connectivity index (χ2v) is 3.18. The van der Waals surface area contributed by atoms with E-state index in [9.17, 15) is 9.59 Å². The lowest BCUT2D eigenvalue weighted by Crippen LogP contribution is -2.17. The third-order valence-electron chi connectivity index (χ3n) is 1.89. The topological polar surface area (TPSA) is 87.4 Å². The van der Waals surface area contributed by atoms with E-state index in [0.29, 0.717) is 6.42 Å². The second kappa shape index (κ2) is 8.62. The highest BCUT2D eigenvalue weighted by Gasteiger charge is 2.14. The van der Waals surface area contributed by atoms with Crippen LogP contribution in [0.1, 0.15) is 32.6 Å². The van der Waals surface area contributed by atoms with Crippen LogP contribution in [0.3, 0.4) is 0 Å². The van der Waals surface area contributed by atoms with Crippen molar-refractivity contribution in [1.29, 1.82) is 5.26 Å². The van der Waals surface area contributed by atoms with E-state index in [4.69, 9.17) is 10.4 Å². The zero-order valence-corrected chi connectivity index (χ0v) is 9.23. The Kier molecular flexibility index (Phi) is 7.72. The molecule has 0 amide bonds. The average molecular weight is 225 g/mol. The number of carbonyl (C=O) groups excluding carboxylic acids is 2. The molecular weight excluding hydrogens is 210 g/mol.